The van der Waals surface area contributed by atoms with E-state index in [0.717, 1.165) is 34.6 Å². The van der Waals surface area contributed by atoms with E-state index in [1.165, 1.54) is 5.56 Å². The number of aromatic nitrogens is 2. The summed E-state index contributed by atoms with van der Waals surface area (Å²) in [5, 5.41) is 3.01. The summed E-state index contributed by atoms with van der Waals surface area (Å²) in [5.74, 6) is 1.70. The molecule has 0 spiro atoms. The molecule has 4 rings (SSSR count). The van der Waals surface area contributed by atoms with Crippen LogP contribution in [0.2, 0.25) is 0 Å². The smallest absolute Gasteiger partial charge is 0.226 e. The average Bonchev–Trinajstić information content (AvgIpc) is 3.03. The number of aryl methyl sites for hydroxylation is 1. The maximum Gasteiger partial charge on any atom is 0.226 e. The first-order valence-corrected chi connectivity index (χ1v) is 8.63. The van der Waals surface area contributed by atoms with E-state index in [4.69, 9.17) is 4.74 Å². The number of nitrogens with zero attached hydrogens (tertiary/aromatic N) is 1. The highest BCUT2D eigenvalue weighted by Crippen LogP contribution is 2.26. The van der Waals surface area contributed by atoms with Crippen molar-refractivity contribution in [1.29, 1.82) is 0 Å². The number of hydrogen-bond acceptors (Lipinski definition) is 3. The number of aromatic amines is 1. The van der Waals surface area contributed by atoms with Gasteiger partial charge in [0, 0.05) is 13.0 Å². The highest BCUT2D eigenvalue weighted by molar-refractivity contribution is 5.79. The SMILES string of the molecule is Cc1ccc2nc(CCNC(=O)C3COc4ccccc4C3)[nH]c2c1. The number of H-pyrrole nitrogens is 1. The van der Waals surface area contributed by atoms with Gasteiger partial charge in [-0.2, -0.15) is 0 Å². The van der Waals surface area contributed by atoms with E-state index in [-0.39, 0.29) is 11.8 Å². The molecule has 25 heavy (non-hydrogen) atoms. The van der Waals surface area contributed by atoms with Crippen molar-refractivity contribution in [3.8, 4) is 5.75 Å². The minimum absolute atomic E-state index is 0.0430. The zero-order valence-electron chi connectivity index (χ0n) is 14.2. The number of ether oxygens (including phenoxy) is 1. The number of rotatable bonds is 4. The van der Waals surface area contributed by atoms with Crippen LogP contribution in [-0.4, -0.2) is 29.0 Å². The summed E-state index contributed by atoms with van der Waals surface area (Å²) in [5.41, 5.74) is 4.30. The van der Waals surface area contributed by atoms with Crippen LogP contribution >= 0.6 is 0 Å². The van der Waals surface area contributed by atoms with E-state index >= 15 is 0 Å². The number of benzene rings is 2. The molecule has 1 aromatic heterocycles. The second-order valence-electron chi connectivity index (χ2n) is 6.56. The van der Waals surface area contributed by atoms with Crippen molar-refractivity contribution >= 4 is 16.9 Å². The maximum atomic E-state index is 12.4. The lowest BCUT2D eigenvalue weighted by atomic mass is 9.96. The topological polar surface area (TPSA) is 67.0 Å². The third-order valence-electron chi connectivity index (χ3n) is 4.60. The van der Waals surface area contributed by atoms with Gasteiger partial charge in [-0.3, -0.25) is 4.79 Å². The fourth-order valence-corrected chi connectivity index (χ4v) is 3.24. The van der Waals surface area contributed by atoms with E-state index in [1.54, 1.807) is 0 Å². The van der Waals surface area contributed by atoms with Gasteiger partial charge in [0.2, 0.25) is 5.91 Å². The van der Waals surface area contributed by atoms with Crippen molar-refractivity contribution in [2.24, 2.45) is 5.92 Å². The summed E-state index contributed by atoms with van der Waals surface area (Å²) < 4.78 is 5.69. The molecule has 1 amide bonds. The average molecular weight is 335 g/mol. The van der Waals surface area contributed by atoms with Crippen molar-refractivity contribution in [3.63, 3.8) is 0 Å². The van der Waals surface area contributed by atoms with Crippen LogP contribution in [-0.2, 0) is 17.6 Å². The Morgan fingerprint density at radius 1 is 1.32 bits per heavy atom. The first kappa shape index (κ1) is 15.7. The van der Waals surface area contributed by atoms with Crippen molar-refractivity contribution in [2.45, 2.75) is 19.8 Å². The quantitative estimate of drug-likeness (QED) is 0.770. The minimum Gasteiger partial charge on any atom is -0.492 e. The second kappa shape index (κ2) is 6.59. The molecular weight excluding hydrogens is 314 g/mol. The van der Waals surface area contributed by atoms with E-state index in [0.29, 0.717) is 19.6 Å². The Balaban J connectivity index is 1.33. The van der Waals surface area contributed by atoms with Crippen LogP contribution < -0.4 is 10.1 Å². The molecule has 3 aromatic rings. The van der Waals surface area contributed by atoms with Gasteiger partial charge in [-0.05, 0) is 42.7 Å². The Kier molecular flexibility index (Phi) is 4.14. The minimum atomic E-state index is -0.131. The number of para-hydroxylation sites is 1. The summed E-state index contributed by atoms with van der Waals surface area (Å²) in [6.07, 6.45) is 1.41. The number of amides is 1. The van der Waals surface area contributed by atoms with Crippen LogP contribution in [0.1, 0.15) is 17.0 Å². The highest BCUT2D eigenvalue weighted by Gasteiger charge is 2.25. The molecule has 1 unspecified atom stereocenters. The number of nitrogens with one attached hydrogen (secondary N) is 2. The Morgan fingerprint density at radius 2 is 2.20 bits per heavy atom. The van der Waals surface area contributed by atoms with Crippen LogP contribution in [0, 0.1) is 12.8 Å². The summed E-state index contributed by atoms with van der Waals surface area (Å²) in [6.45, 7) is 3.06. The number of fused-ring (bicyclic) bond motifs is 2. The van der Waals surface area contributed by atoms with Gasteiger partial charge in [0.15, 0.2) is 0 Å². The van der Waals surface area contributed by atoms with Crippen molar-refractivity contribution < 1.29 is 9.53 Å². The Morgan fingerprint density at radius 3 is 3.12 bits per heavy atom. The van der Waals surface area contributed by atoms with Gasteiger partial charge < -0.3 is 15.0 Å². The normalized spacial score (nSPS) is 16.3. The van der Waals surface area contributed by atoms with Gasteiger partial charge in [-0.1, -0.05) is 24.3 Å². The number of imidazole rings is 1. The Labute approximate surface area is 146 Å². The molecule has 5 nitrogen and oxygen atoms in total. The molecule has 0 bridgehead atoms. The van der Waals surface area contributed by atoms with Gasteiger partial charge in [0.25, 0.3) is 0 Å². The van der Waals surface area contributed by atoms with Crippen LogP contribution in [0.15, 0.2) is 42.5 Å². The van der Waals surface area contributed by atoms with Crippen molar-refractivity contribution in [1.82, 2.24) is 15.3 Å². The number of carbonyl (C=O) groups excluding carboxylic acids is 1. The van der Waals surface area contributed by atoms with Gasteiger partial charge >= 0.3 is 0 Å². The summed E-state index contributed by atoms with van der Waals surface area (Å²) in [7, 11) is 0. The van der Waals surface area contributed by atoms with E-state index in [9.17, 15) is 4.79 Å². The zero-order chi connectivity index (χ0) is 17.2. The summed E-state index contributed by atoms with van der Waals surface area (Å²) in [4.78, 5) is 20.3. The van der Waals surface area contributed by atoms with Gasteiger partial charge in [0.1, 0.15) is 18.2 Å². The van der Waals surface area contributed by atoms with E-state index in [1.807, 2.05) is 30.3 Å². The molecular formula is C20H21N3O2. The highest BCUT2D eigenvalue weighted by atomic mass is 16.5. The molecule has 5 heteroatoms. The predicted molar refractivity (Wildman–Crippen MR) is 96.7 cm³/mol. The third-order valence-corrected chi connectivity index (χ3v) is 4.60. The fraction of sp³-hybridized carbons (Fsp3) is 0.300. The molecule has 0 saturated heterocycles. The Hall–Kier alpha value is -2.82. The standard InChI is InChI=1S/C20H21N3O2/c1-13-6-7-16-17(10-13)23-19(22-16)8-9-21-20(24)15-11-14-4-2-3-5-18(14)25-12-15/h2-7,10,15H,8-9,11-12H2,1H3,(H,21,24)(H,22,23). The third kappa shape index (κ3) is 3.36. The van der Waals surface area contributed by atoms with E-state index in [2.05, 4.69) is 34.3 Å². The monoisotopic (exact) mass is 335 g/mol. The largest absolute Gasteiger partial charge is 0.492 e. The molecule has 1 atom stereocenters. The molecule has 2 aromatic carbocycles. The van der Waals surface area contributed by atoms with E-state index < -0.39 is 0 Å². The summed E-state index contributed by atoms with van der Waals surface area (Å²) in [6, 6.07) is 14.1. The lowest BCUT2D eigenvalue weighted by Gasteiger charge is -2.24. The molecule has 2 N–H and O–H groups in total. The molecule has 0 aliphatic carbocycles. The predicted octanol–water partition coefficient (Wildman–Crippen LogP) is 2.78. The lowest BCUT2D eigenvalue weighted by molar-refractivity contribution is -0.126. The number of hydrogen-bond donors (Lipinski definition) is 2. The molecule has 128 valence electrons. The van der Waals surface area contributed by atoms with Crippen molar-refractivity contribution in [2.75, 3.05) is 13.2 Å². The summed E-state index contributed by atoms with van der Waals surface area (Å²) >= 11 is 0. The fourth-order valence-electron chi connectivity index (χ4n) is 3.24. The van der Waals surface area contributed by atoms with Crippen LogP contribution in [0.5, 0.6) is 5.75 Å². The molecule has 1 aliphatic rings. The first-order chi connectivity index (χ1) is 12.2. The molecule has 1 aliphatic heterocycles. The van der Waals surface area contributed by atoms with Gasteiger partial charge in [-0.25, -0.2) is 4.98 Å². The van der Waals surface area contributed by atoms with Crippen molar-refractivity contribution in [3.05, 3.63) is 59.4 Å². The zero-order valence-corrected chi connectivity index (χ0v) is 14.2. The lowest BCUT2D eigenvalue weighted by Crippen LogP contribution is -2.38. The second-order valence-corrected chi connectivity index (χ2v) is 6.56. The molecule has 0 saturated carbocycles. The first-order valence-electron chi connectivity index (χ1n) is 8.63. The molecule has 0 radical (unpaired) electrons. The van der Waals surface area contributed by atoms with Gasteiger partial charge in [0.05, 0.1) is 17.0 Å². The van der Waals surface area contributed by atoms with Gasteiger partial charge in [-0.15, -0.1) is 0 Å². The van der Waals surface area contributed by atoms with Crippen LogP contribution in [0.3, 0.4) is 0 Å². The molecule has 2 heterocycles. The molecule has 0 fully saturated rings. The van der Waals surface area contributed by atoms with Crippen LogP contribution in [0.25, 0.3) is 11.0 Å². The maximum absolute atomic E-state index is 12.4. The number of carbonyl (C=O) groups is 1. The Bertz CT molecular complexity index is 916. The van der Waals surface area contributed by atoms with Crippen LogP contribution in [0.4, 0.5) is 0 Å².